The minimum atomic E-state index is -0.0856. The van der Waals surface area contributed by atoms with E-state index in [1.807, 2.05) is 38.1 Å². The van der Waals surface area contributed by atoms with Gasteiger partial charge in [-0.2, -0.15) is 0 Å². The van der Waals surface area contributed by atoms with Gasteiger partial charge in [0.1, 0.15) is 5.69 Å². The Labute approximate surface area is 132 Å². The predicted molar refractivity (Wildman–Crippen MR) is 86.7 cm³/mol. The molecule has 0 fully saturated rings. The van der Waals surface area contributed by atoms with E-state index in [0.717, 1.165) is 10.2 Å². The van der Waals surface area contributed by atoms with Gasteiger partial charge in [0.25, 0.3) is 5.91 Å². The Hall–Kier alpha value is -1.95. The van der Waals surface area contributed by atoms with Crippen molar-refractivity contribution in [3.63, 3.8) is 0 Å². The zero-order valence-corrected chi connectivity index (χ0v) is 13.6. The highest BCUT2D eigenvalue weighted by atomic mass is 79.9. The molecule has 0 radical (unpaired) electrons. The summed E-state index contributed by atoms with van der Waals surface area (Å²) in [5.74, 6) is 0.317. The number of amides is 1. The number of hydrogen-bond acceptors (Lipinski definition) is 4. The number of carbonyl (C=O) groups excluding carboxylic acids is 1. The molecule has 2 rings (SSSR count). The van der Waals surface area contributed by atoms with E-state index in [1.165, 1.54) is 0 Å². The number of halogens is 1. The molecule has 2 aromatic rings. The molecule has 0 aliphatic carbocycles. The van der Waals surface area contributed by atoms with E-state index in [1.54, 1.807) is 17.2 Å². The molecule has 5 nitrogen and oxygen atoms in total. The van der Waals surface area contributed by atoms with Gasteiger partial charge in [0.15, 0.2) is 0 Å². The summed E-state index contributed by atoms with van der Waals surface area (Å²) in [6, 6.07) is 9.31. The van der Waals surface area contributed by atoms with E-state index < -0.39 is 0 Å². The van der Waals surface area contributed by atoms with Crippen LogP contribution in [0.2, 0.25) is 0 Å². The first-order valence-corrected chi connectivity index (χ1v) is 7.58. The fraction of sp³-hybridized carbons (Fsp3) is 0.267. The number of para-hydroxylation sites is 1. The third-order valence-corrected chi connectivity index (χ3v) is 3.74. The van der Waals surface area contributed by atoms with Crippen molar-refractivity contribution in [2.45, 2.75) is 13.8 Å². The molecule has 0 saturated carbocycles. The van der Waals surface area contributed by atoms with Crippen LogP contribution in [0.1, 0.15) is 24.3 Å². The van der Waals surface area contributed by atoms with Crippen LogP contribution in [0.25, 0.3) is 0 Å². The molecule has 1 heterocycles. The van der Waals surface area contributed by atoms with Gasteiger partial charge in [-0.3, -0.25) is 4.79 Å². The van der Waals surface area contributed by atoms with Gasteiger partial charge in [-0.25, -0.2) is 9.97 Å². The van der Waals surface area contributed by atoms with E-state index >= 15 is 0 Å². The summed E-state index contributed by atoms with van der Waals surface area (Å²) in [6.45, 7) is 5.21. The normalized spacial score (nSPS) is 10.2. The van der Waals surface area contributed by atoms with Crippen molar-refractivity contribution < 1.29 is 4.79 Å². The Morgan fingerprint density at radius 3 is 2.62 bits per heavy atom. The second-order valence-electron chi connectivity index (χ2n) is 4.35. The quantitative estimate of drug-likeness (QED) is 0.898. The first kappa shape index (κ1) is 15.4. The molecule has 110 valence electrons. The van der Waals surface area contributed by atoms with Gasteiger partial charge in [0.2, 0.25) is 5.95 Å². The van der Waals surface area contributed by atoms with Crippen LogP contribution in [-0.2, 0) is 0 Å². The molecule has 0 bridgehead atoms. The van der Waals surface area contributed by atoms with Crippen molar-refractivity contribution in [2.75, 3.05) is 18.4 Å². The van der Waals surface area contributed by atoms with Gasteiger partial charge in [-0.15, -0.1) is 0 Å². The molecule has 1 amide bonds. The fourth-order valence-electron chi connectivity index (χ4n) is 1.89. The summed E-state index contributed by atoms with van der Waals surface area (Å²) in [7, 11) is 0. The second-order valence-corrected chi connectivity index (χ2v) is 5.20. The highest BCUT2D eigenvalue weighted by Crippen LogP contribution is 2.23. The van der Waals surface area contributed by atoms with Gasteiger partial charge >= 0.3 is 0 Å². The van der Waals surface area contributed by atoms with Crippen molar-refractivity contribution >= 4 is 33.5 Å². The maximum absolute atomic E-state index is 12.3. The van der Waals surface area contributed by atoms with E-state index in [9.17, 15) is 4.79 Å². The smallest absolute Gasteiger partial charge is 0.272 e. The third kappa shape index (κ3) is 3.78. The van der Waals surface area contributed by atoms with Crippen molar-refractivity contribution in [1.82, 2.24) is 14.9 Å². The van der Waals surface area contributed by atoms with Gasteiger partial charge in [0.05, 0.1) is 5.69 Å². The number of hydrogen-bond donors (Lipinski definition) is 1. The monoisotopic (exact) mass is 348 g/mol. The average Bonchev–Trinajstić information content (AvgIpc) is 2.51. The number of anilines is 2. The molecular formula is C15H17BrN4O. The molecule has 0 saturated heterocycles. The number of benzene rings is 1. The highest BCUT2D eigenvalue weighted by molar-refractivity contribution is 9.10. The standard InChI is InChI=1S/C15H17BrN4O/c1-3-20(4-2)14(21)13-9-10-17-15(19-13)18-12-8-6-5-7-11(12)16/h5-10H,3-4H2,1-2H3,(H,17,18,19). The van der Waals surface area contributed by atoms with Crippen molar-refractivity contribution in [3.05, 3.63) is 46.7 Å². The summed E-state index contributed by atoms with van der Waals surface area (Å²) < 4.78 is 0.911. The van der Waals surface area contributed by atoms with Crippen LogP contribution in [0.5, 0.6) is 0 Å². The molecule has 1 N–H and O–H groups in total. The summed E-state index contributed by atoms with van der Waals surface area (Å²) >= 11 is 3.45. The minimum Gasteiger partial charge on any atom is -0.338 e. The van der Waals surface area contributed by atoms with Gasteiger partial charge in [-0.1, -0.05) is 12.1 Å². The fourth-order valence-corrected chi connectivity index (χ4v) is 2.28. The number of carbonyl (C=O) groups is 1. The third-order valence-electron chi connectivity index (χ3n) is 3.05. The Morgan fingerprint density at radius 2 is 1.95 bits per heavy atom. The minimum absolute atomic E-state index is 0.0856. The highest BCUT2D eigenvalue weighted by Gasteiger charge is 2.14. The Morgan fingerprint density at radius 1 is 1.24 bits per heavy atom. The number of nitrogens with zero attached hydrogens (tertiary/aromatic N) is 3. The maximum Gasteiger partial charge on any atom is 0.272 e. The van der Waals surface area contributed by atoms with Crippen LogP contribution in [0.4, 0.5) is 11.6 Å². The Balaban J connectivity index is 2.22. The molecule has 1 aromatic heterocycles. The lowest BCUT2D eigenvalue weighted by molar-refractivity contribution is 0.0767. The van der Waals surface area contributed by atoms with Gasteiger partial charge in [0, 0.05) is 23.8 Å². The van der Waals surface area contributed by atoms with Crippen LogP contribution in [-0.4, -0.2) is 33.9 Å². The predicted octanol–water partition coefficient (Wildman–Crippen LogP) is 3.46. The number of nitrogens with one attached hydrogen (secondary N) is 1. The second kappa shape index (κ2) is 7.17. The summed E-state index contributed by atoms with van der Waals surface area (Å²) in [6.07, 6.45) is 1.59. The number of aromatic nitrogens is 2. The van der Waals surface area contributed by atoms with E-state index in [2.05, 4.69) is 31.2 Å². The van der Waals surface area contributed by atoms with Gasteiger partial charge < -0.3 is 10.2 Å². The lowest BCUT2D eigenvalue weighted by Gasteiger charge is -2.18. The first-order valence-electron chi connectivity index (χ1n) is 6.79. The molecule has 0 aliphatic heterocycles. The van der Waals surface area contributed by atoms with Crippen molar-refractivity contribution in [2.24, 2.45) is 0 Å². The molecule has 1 aromatic carbocycles. The van der Waals surface area contributed by atoms with E-state index in [0.29, 0.717) is 24.7 Å². The SMILES string of the molecule is CCN(CC)C(=O)c1ccnc(Nc2ccccc2Br)n1. The molecule has 21 heavy (non-hydrogen) atoms. The lowest BCUT2D eigenvalue weighted by Crippen LogP contribution is -2.31. The van der Waals surface area contributed by atoms with Crippen LogP contribution in [0.15, 0.2) is 41.0 Å². The summed E-state index contributed by atoms with van der Waals surface area (Å²) in [5.41, 5.74) is 1.24. The molecule has 0 aliphatic rings. The maximum atomic E-state index is 12.3. The molecule has 0 unspecified atom stereocenters. The molecule has 0 atom stereocenters. The van der Waals surface area contributed by atoms with Crippen LogP contribution in [0, 0.1) is 0 Å². The van der Waals surface area contributed by atoms with E-state index in [-0.39, 0.29) is 5.91 Å². The average molecular weight is 349 g/mol. The van der Waals surface area contributed by atoms with Crippen LogP contribution < -0.4 is 5.32 Å². The zero-order chi connectivity index (χ0) is 15.2. The zero-order valence-electron chi connectivity index (χ0n) is 12.0. The van der Waals surface area contributed by atoms with Crippen LogP contribution >= 0.6 is 15.9 Å². The number of rotatable bonds is 5. The molecule has 6 heteroatoms. The van der Waals surface area contributed by atoms with Crippen molar-refractivity contribution in [1.29, 1.82) is 0 Å². The first-order chi connectivity index (χ1) is 10.2. The molecular weight excluding hydrogens is 332 g/mol. The Kier molecular flexibility index (Phi) is 5.27. The van der Waals surface area contributed by atoms with Gasteiger partial charge in [-0.05, 0) is 48.0 Å². The summed E-state index contributed by atoms with van der Waals surface area (Å²) in [5, 5.41) is 3.10. The Bertz CT molecular complexity index is 629. The summed E-state index contributed by atoms with van der Waals surface area (Å²) in [4.78, 5) is 22.5. The van der Waals surface area contributed by atoms with Crippen LogP contribution in [0.3, 0.4) is 0 Å². The largest absolute Gasteiger partial charge is 0.338 e. The topological polar surface area (TPSA) is 58.1 Å². The van der Waals surface area contributed by atoms with Crippen molar-refractivity contribution in [3.8, 4) is 0 Å². The molecule has 0 spiro atoms. The lowest BCUT2D eigenvalue weighted by atomic mass is 10.3. The van der Waals surface area contributed by atoms with E-state index in [4.69, 9.17) is 0 Å².